The molecule has 1 aromatic rings. The molecule has 0 spiro atoms. The van der Waals surface area contributed by atoms with E-state index in [9.17, 15) is 0 Å². The summed E-state index contributed by atoms with van der Waals surface area (Å²) in [6.45, 7) is 0. The van der Waals surface area contributed by atoms with Crippen LogP contribution >= 0.6 is 11.8 Å². The smallest absolute Gasteiger partial charge is 0.0201 e. The third kappa shape index (κ3) is 4.33. The molecule has 1 aliphatic heterocycles. The SMILES string of the molecule is CNC(CCCc1ccccc1)C1CCCCS1. The van der Waals surface area contributed by atoms with Crippen molar-refractivity contribution in [2.45, 2.75) is 49.8 Å². The summed E-state index contributed by atoms with van der Waals surface area (Å²) in [6, 6.07) is 11.6. The second-order valence-electron chi connectivity index (χ2n) is 5.18. The van der Waals surface area contributed by atoms with Crippen LogP contribution in [0.25, 0.3) is 0 Å². The van der Waals surface area contributed by atoms with Crippen molar-refractivity contribution in [3.63, 3.8) is 0 Å². The van der Waals surface area contributed by atoms with E-state index in [0.717, 1.165) is 5.25 Å². The average molecular weight is 263 g/mol. The Labute approximate surface area is 116 Å². The van der Waals surface area contributed by atoms with Crippen molar-refractivity contribution in [3.05, 3.63) is 35.9 Å². The number of benzene rings is 1. The maximum absolute atomic E-state index is 3.54. The fourth-order valence-corrected chi connectivity index (χ4v) is 4.28. The van der Waals surface area contributed by atoms with Gasteiger partial charge in [-0.3, -0.25) is 0 Å². The number of rotatable bonds is 6. The summed E-state index contributed by atoms with van der Waals surface area (Å²) >= 11 is 2.18. The quantitative estimate of drug-likeness (QED) is 0.836. The van der Waals surface area contributed by atoms with Crippen LogP contribution in [-0.4, -0.2) is 24.1 Å². The first-order valence-corrected chi connectivity index (χ1v) is 8.28. The molecular formula is C16H25NS. The van der Waals surface area contributed by atoms with Gasteiger partial charge in [0.1, 0.15) is 0 Å². The largest absolute Gasteiger partial charge is 0.316 e. The molecule has 0 amide bonds. The summed E-state index contributed by atoms with van der Waals surface area (Å²) in [5, 5.41) is 4.38. The zero-order valence-corrected chi connectivity index (χ0v) is 12.2. The van der Waals surface area contributed by atoms with Gasteiger partial charge in [0.2, 0.25) is 0 Å². The second-order valence-corrected chi connectivity index (χ2v) is 6.53. The van der Waals surface area contributed by atoms with Crippen molar-refractivity contribution in [1.82, 2.24) is 5.32 Å². The average Bonchev–Trinajstić information content (AvgIpc) is 2.46. The molecule has 1 aliphatic rings. The molecular weight excluding hydrogens is 238 g/mol. The molecule has 1 N–H and O–H groups in total. The molecule has 2 rings (SSSR count). The lowest BCUT2D eigenvalue weighted by atomic mass is 10.00. The van der Waals surface area contributed by atoms with Crippen molar-refractivity contribution >= 4 is 11.8 Å². The van der Waals surface area contributed by atoms with Gasteiger partial charge in [0.15, 0.2) is 0 Å². The molecule has 1 aromatic carbocycles. The lowest BCUT2D eigenvalue weighted by molar-refractivity contribution is 0.458. The Morgan fingerprint density at radius 1 is 1.28 bits per heavy atom. The van der Waals surface area contributed by atoms with Crippen LogP contribution in [0.5, 0.6) is 0 Å². The van der Waals surface area contributed by atoms with Gasteiger partial charge in [-0.1, -0.05) is 36.8 Å². The van der Waals surface area contributed by atoms with E-state index in [-0.39, 0.29) is 0 Å². The fraction of sp³-hybridized carbons (Fsp3) is 0.625. The fourth-order valence-electron chi connectivity index (χ4n) is 2.77. The minimum Gasteiger partial charge on any atom is -0.316 e. The van der Waals surface area contributed by atoms with E-state index in [1.54, 1.807) is 0 Å². The predicted octanol–water partition coefficient (Wildman–Crippen LogP) is 3.88. The van der Waals surface area contributed by atoms with Crippen LogP contribution in [0.3, 0.4) is 0 Å². The van der Waals surface area contributed by atoms with E-state index in [4.69, 9.17) is 0 Å². The Bertz CT molecular complexity index is 319. The Kier molecular flexibility index (Phi) is 6.09. The molecule has 1 saturated heterocycles. The Hall–Kier alpha value is -0.470. The molecule has 1 heterocycles. The van der Waals surface area contributed by atoms with E-state index in [0.29, 0.717) is 6.04 Å². The van der Waals surface area contributed by atoms with Gasteiger partial charge in [0.05, 0.1) is 0 Å². The topological polar surface area (TPSA) is 12.0 Å². The number of hydrogen-bond donors (Lipinski definition) is 1. The van der Waals surface area contributed by atoms with Crippen molar-refractivity contribution in [2.75, 3.05) is 12.8 Å². The van der Waals surface area contributed by atoms with Gasteiger partial charge in [0, 0.05) is 11.3 Å². The minimum atomic E-state index is 0.707. The highest BCUT2D eigenvalue weighted by atomic mass is 32.2. The molecule has 2 atom stereocenters. The molecule has 0 aliphatic carbocycles. The van der Waals surface area contributed by atoms with E-state index < -0.39 is 0 Å². The predicted molar refractivity (Wildman–Crippen MR) is 82.3 cm³/mol. The van der Waals surface area contributed by atoms with Gasteiger partial charge in [-0.05, 0) is 50.5 Å². The van der Waals surface area contributed by atoms with Crippen molar-refractivity contribution in [1.29, 1.82) is 0 Å². The number of hydrogen-bond acceptors (Lipinski definition) is 2. The number of thioether (sulfide) groups is 1. The van der Waals surface area contributed by atoms with Crippen molar-refractivity contribution < 1.29 is 0 Å². The maximum atomic E-state index is 3.54. The van der Waals surface area contributed by atoms with E-state index in [1.807, 2.05) is 0 Å². The summed E-state index contributed by atoms with van der Waals surface area (Å²) < 4.78 is 0. The maximum Gasteiger partial charge on any atom is 0.0201 e. The highest BCUT2D eigenvalue weighted by Crippen LogP contribution is 2.29. The standard InChI is InChI=1S/C16H25NS/c1-17-15(16-12-5-6-13-18-16)11-7-10-14-8-3-2-4-9-14/h2-4,8-9,15-17H,5-7,10-13H2,1H3. The van der Waals surface area contributed by atoms with Gasteiger partial charge >= 0.3 is 0 Å². The van der Waals surface area contributed by atoms with Crippen LogP contribution in [0.4, 0.5) is 0 Å². The molecule has 0 saturated carbocycles. The Morgan fingerprint density at radius 3 is 2.78 bits per heavy atom. The lowest BCUT2D eigenvalue weighted by Crippen LogP contribution is -2.37. The first kappa shape index (κ1) is 14.0. The first-order valence-electron chi connectivity index (χ1n) is 7.23. The van der Waals surface area contributed by atoms with Crippen LogP contribution in [0, 0.1) is 0 Å². The number of aryl methyl sites for hydroxylation is 1. The minimum absolute atomic E-state index is 0.707. The third-order valence-corrected chi connectivity index (χ3v) is 5.37. The molecule has 1 nitrogen and oxygen atoms in total. The van der Waals surface area contributed by atoms with Crippen molar-refractivity contribution in [3.8, 4) is 0 Å². The molecule has 100 valence electrons. The van der Waals surface area contributed by atoms with E-state index in [2.05, 4.69) is 54.5 Å². The summed E-state index contributed by atoms with van der Waals surface area (Å²) in [5.41, 5.74) is 1.48. The van der Waals surface area contributed by atoms with Gasteiger partial charge < -0.3 is 5.32 Å². The molecule has 18 heavy (non-hydrogen) atoms. The first-order chi connectivity index (χ1) is 8.90. The van der Waals surface area contributed by atoms with Crippen molar-refractivity contribution in [2.24, 2.45) is 0 Å². The molecule has 2 unspecified atom stereocenters. The summed E-state index contributed by atoms with van der Waals surface area (Å²) in [6.07, 6.45) is 8.07. The van der Waals surface area contributed by atoms with Gasteiger partial charge in [0.25, 0.3) is 0 Å². The van der Waals surface area contributed by atoms with Crippen LogP contribution in [-0.2, 0) is 6.42 Å². The molecule has 1 fully saturated rings. The molecule has 2 heteroatoms. The molecule has 0 bridgehead atoms. The van der Waals surface area contributed by atoms with E-state index >= 15 is 0 Å². The lowest BCUT2D eigenvalue weighted by Gasteiger charge is -2.29. The Morgan fingerprint density at radius 2 is 2.11 bits per heavy atom. The second kappa shape index (κ2) is 7.85. The Balaban J connectivity index is 1.73. The molecule has 0 aromatic heterocycles. The van der Waals surface area contributed by atoms with Gasteiger partial charge in [-0.2, -0.15) is 11.8 Å². The van der Waals surface area contributed by atoms with Crippen LogP contribution < -0.4 is 5.32 Å². The van der Waals surface area contributed by atoms with Crippen LogP contribution in [0.1, 0.15) is 37.7 Å². The normalized spacial score (nSPS) is 21.7. The van der Waals surface area contributed by atoms with Gasteiger partial charge in [-0.15, -0.1) is 0 Å². The zero-order valence-electron chi connectivity index (χ0n) is 11.4. The van der Waals surface area contributed by atoms with Crippen LogP contribution in [0.15, 0.2) is 30.3 Å². The monoisotopic (exact) mass is 263 g/mol. The highest BCUT2D eigenvalue weighted by molar-refractivity contribution is 8.00. The zero-order chi connectivity index (χ0) is 12.6. The highest BCUT2D eigenvalue weighted by Gasteiger charge is 2.22. The van der Waals surface area contributed by atoms with E-state index in [1.165, 1.54) is 49.8 Å². The number of nitrogens with one attached hydrogen (secondary N) is 1. The summed E-state index contributed by atoms with van der Waals surface area (Å²) in [7, 11) is 2.13. The summed E-state index contributed by atoms with van der Waals surface area (Å²) in [5.74, 6) is 1.36. The summed E-state index contributed by atoms with van der Waals surface area (Å²) in [4.78, 5) is 0. The van der Waals surface area contributed by atoms with Gasteiger partial charge in [-0.25, -0.2) is 0 Å². The van der Waals surface area contributed by atoms with Crippen LogP contribution in [0.2, 0.25) is 0 Å². The third-order valence-electron chi connectivity index (χ3n) is 3.86. The molecule has 0 radical (unpaired) electrons.